The highest BCUT2D eigenvalue weighted by Gasteiger charge is 2.53. The van der Waals surface area contributed by atoms with Gasteiger partial charge in [0.1, 0.15) is 49.4 Å². The Balaban J connectivity index is 7.30. The molecular formula is C18H54N4Si6. The van der Waals surface area contributed by atoms with E-state index in [1.54, 1.807) is 0 Å². The van der Waals surface area contributed by atoms with Crippen LogP contribution in [0.3, 0.4) is 0 Å². The highest BCUT2D eigenvalue weighted by Crippen LogP contribution is 2.36. The number of nitrogens with zero attached hydrogens (tertiary/aromatic N) is 4. The van der Waals surface area contributed by atoms with Crippen LogP contribution < -0.4 is 0 Å². The van der Waals surface area contributed by atoms with Gasteiger partial charge in [-0.25, -0.2) is 0 Å². The lowest BCUT2D eigenvalue weighted by atomic mass is 11.8. The number of hydrazine groups is 3. The fourth-order valence-corrected chi connectivity index (χ4v) is 34.4. The molecule has 0 bridgehead atoms. The predicted molar refractivity (Wildman–Crippen MR) is 147 cm³/mol. The van der Waals surface area contributed by atoms with Crippen molar-refractivity contribution >= 4 is 49.4 Å². The molecule has 170 valence electrons. The maximum Gasteiger partial charge on any atom is 0.131 e. The topological polar surface area (TPSA) is 13.0 Å². The molecule has 0 heterocycles. The number of hydrogen-bond acceptors (Lipinski definition) is 4. The van der Waals surface area contributed by atoms with E-state index in [-0.39, 0.29) is 0 Å². The van der Waals surface area contributed by atoms with Crippen LogP contribution in [0.25, 0.3) is 0 Å². The molecule has 0 amide bonds. The van der Waals surface area contributed by atoms with Crippen molar-refractivity contribution in [2.24, 2.45) is 0 Å². The molecule has 0 rings (SSSR count). The first-order valence-corrected chi connectivity index (χ1v) is 31.6. The molecular weight excluding hydrogens is 441 g/mol. The Bertz CT molecular complexity index is 397. The average Bonchev–Trinajstić information content (AvgIpc) is 2.13. The van der Waals surface area contributed by atoms with E-state index in [2.05, 4.69) is 136 Å². The summed E-state index contributed by atoms with van der Waals surface area (Å²) in [4.78, 5) is 0. The van der Waals surface area contributed by atoms with E-state index < -0.39 is 49.4 Å². The van der Waals surface area contributed by atoms with Gasteiger partial charge in [0, 0.05) is 0 Å². The van der Waals surface area contributed by atoms with Crippen molar-refractivity contribution < 1.29 is 0 Å². The highest BCUT2D eigenvalue weighted by molar-refractivity contribution is 6.93. The third kappa shape index (κ3) is 7.68. The van der Waals surface area contributed by atoms with Gasteiger partial charge in [0.2, 0.25) is 0 Å². The van der Waals surface area contributed by atoms with Crippen LogP contribution in [0.15, 0.2) is 0 Å². The molecule has 0 aromatic rings. The SMILES string of the molecule is C[Si](C)(C)N(N(N([Si](C)(C)C)[Si](C)(C)C)N([Si](C)(C)C)[Si](C)(C)C)[Si](C)(C)C. The molecule has 0 aromatic carbocycles. The van der Waals surface area contributed by atoms with Crippen molar-refractivity contribution in [3.8, 4) is 0 Å². The first kappa shape index (κ1) is 29.1. The van der Waals surface area contributed by atoms with Crippen molar-refractivity contribution in [3.63, 3.8) is 0 Å². The normalized spacial score (nSPS) is 16.1. The summed E-state index contributed by atoms with van der Waals surface area (Å²) in [7, 11) is -9.60. The van der Waals surface area contributed by atoms with Crippen LogP contribution in [0.4, 0.5) is 0 Å². The Hall–Kier alpha value is 1.14. The second kappa shape index (κ2) is 8.58. The minimum atomic E-state index is -1.60. The average molecular weight is 495 g/mol. The van der Waals surface area contributed by atoms with Gasteiger partial charge in [0.25, 0.3) is 0 Å². The van der Waals surface area contributed by atoms with Crippen LogP contribution in [0.2, 0.25) is 118 Å². The fourth-order valence-electron chi connectivity index (χ4n) is 4.90. The highest BCUT2D eigenvalue weighted by atomic mass is 28.4. The molecule has 0 atom stereocenters. The summed E-state index contributed by atoms with van der Waals surface area (Å²) >= 11 is 0. The maximum absolute atomic E-state index is 2.98. The van der Waals surface area contributed by atoms with Crippen molar-refractivity contribution in [3.05, 3.63) is 0 Å². The van der Waals surface area contributed by atoms with Crippen LogP contribution in [0, 0.1) is 0 Å². The molecule has 28 heavy (non-hydrogen) atoms. The summed E-state index contributed by atoms with van der Waals surface area (Å²) in [6, 6.07) is 0. The molecule has 4 nitrogen and oxygen atoms in total. The Kier molecular flexibility index (Phi) is 8.93. The van der Waals surface area contributed by atoms with Crippen LogP contribution >= 0.6 is 0 Å². The van der Waals surface area contributed by atoms with Gasteiger partial charge in [-0.15, -0.1) is 5.23 Å². The number of rotatable bonds is 9. The summed E-state index contributed by atoms with van der Waals surface area (Å²) < 4.78 is 8.94. The summed E-state index contributed by atoms with van der Waals surface area (Å²) in [5.41, 5.74) is 0. The van der Waals surface area contributed by atoms with Gasteiger partial charge in [-0.1, -0.05) is 118 Å². The van der Waals surface area contributed by atoms with E-state index in [0.717, 1.165) is 0 Å². The second-order valence-electron chi connectivity index (χ2n) is 14.2. The lowest BCUT2D eigenvalue weighted by molar-refractivity contribution is -0.112. The summed E-state index contributed by atoms with van der Waals surface area (Å²) in [6.07, 6.45) is 0. The van der Waals surface area contributed by atoms with E-state index >= 15 is 0 Å². The van der Waals surface area contributed by atoms with Crippen LogP contribution in [0.5, 0.6) is 0 Å². The van der Waals surface area contributed by atoms with Gasteiger partial charge in [0.05, 0.1) is 0 Å². The fraction of sp³-hybridized carbons (Fsp3) is 1.00. The predicted octanol–water partition coefficient (Wildman–Crippen LogP) is 6.95. The number of hydrogen-bond donors (Lipinski definition) is 0. The lowest BCUT2D eigenvalue weighted by Gasteiger charge is -2.66. The lowest BCUT2D eigenvalue weighted by Crippen LogP contribution is -2.85. The quantitative estimate of drug-likeness (QED) is 0.254. The molecule has 0 spiro atoms. The van der Waals surface area contributed by atoms with Crippen LogP contribution in [0.1, 0.15) is 0 Å². The van der Waals surface area contributed by atoms with E-state index in [0.29, 0.717) is 0 Å². The molecule has 0 aliphatic carbocycles. The van der Waals surface area contributed by atoms with E-state index in [9.17, 15) is 0 Å². The molecule has 10 heteroatoms. The summed E-state index contributed by atoms with van der Waals surface area (Å²) in [5, 5.41) is 2.87. The van der Waals surface area contributed by atoms with Gasteiger partial charge >= 0.3 is 0 Å². The smallest absolute Gasteiger partial charge is 0.131 e. The minimum Gasteiger partial charge on any atom is -0.259 e. The minimum absolute atomic E-state index is 1.60. The third-order valence-corrected chi connectivity index (χ3v) is 25.1. The Morgan fingerprint density at radius 3 is 0.429 bits per heavy atom. The molecule has 0 aliphatic rings. The summed E-state index contributed by atoms with van der Waals surface area (Å²) in [6.45, 7) is 46.0. The zero-order valence-corrected chi connectivity index (χ0v) is 28.8. The maximum atomic E-state index is 2.98. The zero-order chi connectivity index (χ0) is 23.3. The first-order chi connectivity index (χ1) is 11.7. The van der Waals surface area contributed by atoms with E-state index in [1.807, 2.05) is 0 Å². The second-order valence-corrected chi connectivity index (χ2v) is 44.2. The van der Waals surface area contributed by atoms with Crippen molar-refractivity contribution in [2.75, 3.05) is 0 Å². The molecule has 0 unspecified atom stereocenters. The third-order valence-electron chi connectivity index (χ3n) is 4.35. The molecule has 0 aliphatic heterocycles. The largest absolute Gasteiger partial charge is 0.259 e. The van der Waals surface area contributed by atoms with Gasteiger partial charge in [0.15, 0.2) is 0 Å². The van der Waals surface area contributed by atoms with Gasteiger partial charge in [-0.2, -0.15) is 0 Å². The van der Waals surface area contributed by atoms with Crippen LogP contribution in [-0.4, -0.2) is 67.7 Å². The molecule has 0 aromatic heterocycles. The Labute approximate surface area is 185 Å². The van der Waals surface area contributed by atoms with E-state index in [4.69, 9.17) is 0 Å². The first-order valence-electron chi connectivity index (χ1n) is 10.9. The Morgan fingerprint density at radius 2 is 0.357 bits per heavy atom. The Morgan fingerprint density at radius 1 is 0.250 bits per heavy atom. The standard InChI is InChI=1S/C18H54N4Si6/c1-23(2,3)20(24(4,5)6)19(21(25(7,8)9)26(10,11)12)22(27(13,14)15)28(16,17)18/h1-18H3. The molecule has 0 radical (unpaired) electrons. The van der Waals surface area contributed by atoms with Gasteiger partial charge in [-0.05, 0) is 0 Å². The zero-order valence-electron chi connectivity index (χ0n) is 22.8. The van der Waals surface area contributed by atoms with Crippen molar-refractivity contribution in [1.82, 2.24) is 18.2 Å². The molecule has 0 saturated carbocycles. The molecule has 0 saturated heterocycles. The van der Waals surface area contributed by atoms with Crippen molar-refractivity contribution in [1.29, 1.82) is 0 Å². The summed E-state index contributed by atoms with van der Waals surface area (Å²) in [5.74, 6) is 0. The van der Waals surface area contributed by atoms with Crippen molar-refractivity contribution in [2.45, 2.75) is 118 Å². The van der Waals surface area contributed by atoms with Gasteiger partial charge in [-0.3, -0.25) is 13.0 Å². The van der Waals surface area contributed by atoms with E-state index in [1.165, 1.54) is 0 Å². The van der Waals surface area contributed by atoms with Crippen LogP contribution in [-0.2, 0) is 0 Å². The molecule has 0 fully saturated rings. The molecule has 0 N–H and O–H groups in total. The monoisotopic (exact) mass is 494 g/mol. The van der Waals surface area contributed by atoms with Gasteiger partial charge < -0.3 is 0 Å².